The highest BCUT2D eigenvalue weighted by molar-refractivity contribution is 5.70. The first-order valence-electron chi connectivity index (χ1n) is 4.42. The van der Waals surface area contributed by atoms with Gasteiger partial charge in [0.1, 0.15) is 18.3 Å². The zero-order chi connectivity index (χ0) is 9.42. The molecule has 0 N–H and O–H groups in total. The lowest BCUT2D eigenvalue weighted by Crippen LogP contribution is -2.34. The van der Waals surface area contributed by atoms with E-state index in [0.717, 1.165) is 11.2 Å². The maximum Gasteiger partial charge on any atom is 0.231 e. The highest BCUT2D eigenvalue weighted by Crippen LogP contribution is 2.08. The van der Waals surface area contributed by atoms with Crippen LogP contribution in [0.3, 0.4) is 0 Å². The van der Waals surface area contributed by atoms with Crippen LogP contribution in [0.4, 0.5) is 0 Å². The molecule has 13 heavy (non-hydrogen) atoms. The van der Waals surface area contributed by atoms with E-state index in [9.17, 15) is 0 Å². The zero-order valence-electron chi connectivity index (χ0n) is 8.20. The predicted molar refractivity (Wildman–Crippen MR) is 52.4 cm³/mol. The van der Waals surface area contributed by atoms with Crippen molar-refractivity contribution < 1.29 is 4.57 Å². The zero-order valence-corrected chi connectivity index (χ0v) is 8.20. The molecule has 0 atom stereocenters. The summed E-state index contributed by atoms with van der Waals surface area (Å²) in [6.45, 7) is 4.14. The Labute approximate surface area is 77.9 Å². The second-order valence-corrected chi connectivity index (χ2v) is 3.33. The lowest BCUT2D eigenvalue weighted by atomic mass is 10.2. The first kappa shape index (κ1) is 8.17. The quantitative estimate of drug-likeness (QED) is 0.554. The molecule has 0 aliphatic heterocycles. The SMILES string of the molecule is Cc1nc2ccccc2[n+](C)c1C. The Morgan fingerprint density at radius 2 is 1.85 bits per heavy atom. The minimum absolute atomic E-state index is 1.06. The first-order chi connectivity index (χ1) is 6.20. The molecular weight excluding hydrogens is 160 g/mol. The van der Waals surface area contributed by atoms with Gasteiger partial charge in [-0.05, 0) is 13.0 Å². The number of nitrogens with zero attached hydrogens (tertiary/aromatic N) is 2. The molecule has 2 aromatic rings. The molecule has 0 bridgehead atoms. The van der Waals surface area contributed by atoms with Gasteiger partial charge < -0.3 is 0 Å². The molecule has 0 radical (unpaired) electrons. The number of rotatable bonds is 0. The van der Waals surface area contributed by atoms with Crippen LogP contribution in [0.25, 0.3) is 11.0 Å². The van der Waals surface area contributed by atoms with Crippen molar-refractivity contribution in [2.45, 2.75) is 13.8 Å². The monoisotopic (exact) mass is 173 g/mol. The fourth-order valence-corrected chi connectivity index (χ4v) is 1.53. The number of aromatic nitrogens is 2. The number of aryl methyl sites for hydroxylation is 2. The van der Waals surface area contributed by atoms with E-state index in [-0.39, 0.29) is 0 Å². The Bertz CT molecular complexity index is 461. The normalized spacial score (nSPS) is 10.7. The van der Waals surface area contributed by atoms with Crippen molar-refractivity contribution >= 4 is 11.0 Å². The van der Waals surface area contributed by atoms with E-state index in [1.54, 1.807) is 0 Å². The minimum Gasteiger partial charge on any atom is -0.240 e. The van der Waals surface area contributed by atoms with Crippen LogP contribution in [0.5, 0.6) is 0 Å². The van der Waals surface area contributed by atoms with Gasteiger partial charge in [-0.25, -0.2) is 4.98 Å². The second kappa shape index (κ2) is 2.80. The van der Waals surface area contributed by atoms with Gasteiger partial charge in [-0.1, -0.05) is 12.1 Å². The summed E-state index contributed by atoms with van der Waals surface area (Å²) >= 11 is 0. The van der Waals surface area contributed by atoms with Crippen LogP contribution in [-0.4, -0.2) is 4.98 Å². The lowest BCUT2D eigenvalue weighted by molar-refractivity contribution is -0.652. The molecule has 0 spiro atoms. The third-order valence-corrected chi connectivity index (χ3v) is 2.56. The Morgan fingerprint density at radius 3 is 2.62 bits per heavy atom. The smallest absolute Gasteiger partial charge is 0.231 e. The first-order valence-corrected chi connectivity index (χ1v) is 4.42. The summed E-state index contributed by atoms with van der Waals surface area (Å²) in [6, 6.07) is 8.19. The molecular formula is C11H13N2+. The van der Waals surface area contributed by atoms with Gasteiger partial charge >= 0.3 is 0 Å². The van der Waals surface area contributed by atoms with Gasteiger partial charge in [-0.2, -0.15) is 4.57 Å². The van der Waals surface area contributed by atoms with Crippen LogP contribution in [0, 0.1) is 13.8 Å². The fraction of sp³-hybridized carbons (Fsp3) is 0.273. The summed E-state index contributed by atoms with van der Waals surface area (Å²) < 4.78 is 2.18. The maximum atomic E-state index is 4.52. The maximum absolute atomic E-state index is 4.52. The number of fused-ring (bicyclic) bond motifs is 1. The molecule has 2 nitrogen and oxygen atoms in total. The number of hydrogen-bond donors (Lipinski definition) is 0. The van der Waals surface area contributed by atoms with Crippen LogP contribution >= 0.6 is 0 Å². The van der Waals surface area contributed by atoms with E-state index in [1.807, 2.05) is 25.1 Å². The van der Waals surface area contributed by atoms with Crippen molar-refractivity contribution in [3.63, 3.8) is 0 Å². The van der Waals surface area contributed by atoms with E-state index in [4.69, 9.17) is 0 Å². The number of benzene rings is 1. The Hall–Kier alpha value is -1.44. The van der Waals surface area contributed by atoms with Gasteiger partial charge in [-0.3, -0.25) is 0 Å². The second-order valence-electron chi connectivity index (χ2n) is 3.33. The standard InChI is InChI=1S/C11H13N2/c1-8-9(2)13(3)11-7-5-4-6-10(11)12-8/h4-7H,1-3H3/q+1. The van der Waals surface area contributed by atoms with E-state index >= 15 is 0 Å². The van der Waals surface area contributed by atoms with Crippen molar-refractivity contribution in [3.8, 4) is 0 Å². The lowest BCUT2D eigenvalue weighted by Gasteiger charge is -2.01. The fourth-order valence-electron chi connectivity index (χ4n) is 1.53. The van der Waals surface area contributed by atoms with E-state index in [0.29, 0.717) is 0 Å². The molecule has 0 unspecified atom stereocenters. The molecule has 0 aliphatic carbocycles. The Morgan fingerprint density at radius 1 is 1.15 bits per heavy atom. The van der Waals surface area contributed by atoms with Gasteiger partial charge in [-0.15, -0.1) is 0 Å². The summed E-state index contributed by atoms with van der Waals surface area (Å²) in [6.07, 6.45) is 0. The summed E-state index contributed by atoms with van der Waals surface area (Å²) in [5.74, 6) is 0. The predicted octanol–water partition coefficient (Wildman–Crippen LogP) is 1.68. The van der Waals surface area contributed by atoms with Crippen molar-refractivity contribution in [1.29, 1.82) is 0 Å². The topological polar surface area (TPSA) is 16.8 Å². The summed E-state index contributed by atoms with van der Waals surface area (Å²) in [5, 5.41) is 0. The van der Waals surface area contributed by atoms with E-state index < -0.39 is 0 Å². The molecule has 0 aliphatic rings. The Kier molecular flexibility index (Phi) is 1.76. The number of hydrogen-bond acceptors (Lipinski definition) is 1. The van der Waals surface area contributed by atoms with Crippen LogP contribution in [0.1, 0.15) is 11.4 Å². The molecule has 66 valence electrons. The number of para-hydroxylation sites is 2. The molecule has 0 fully saturated rings. The average Bonchev–Trinajstić information content (AvgIpc) is 2.15. The molecule has 2 rings (SSSR count). The van der Waals surface area contributed by atoms with Crippen molar-refractivity contribution in [2.75, 3.05) is 0 Å². The van der Waals surface area contributed by atoms with Crippen LogP contribution in [0.15, 0.2) is 24.3 Å². The molecule has 1 aromatic heterocycles. The molecule has 0 saturated heterocycles. The molecule has 1 heterocycles. The van der Waals surface area contributed by atoms with Crippen LogP contribution in [0.2, 0.25) is 0 Å². The average molecular weight is 173 g/mol. The van der Waals surface area contributed by atoms with Crippen molar-refractivity contribution in [1.82, 2.24) is 4.98 Å². The van der Waals surface area contributed by atoms with Crippen LogP contribution in [-0.2, 0) is 7.05 Å². The molecule has 0 amide bonds. The van der Waals surface area contributed by atoms with Gasteiger partial charge in [0.05, 0.1) is 0 Å². The summed E-state index contributed by atoms with van der Waals surface area (Å²) in [5.41, 5.74) is 4.57. The highest BCUT2D eigenvalue weighted by Gasteiger charge is 2.11. The summed E-state index contributed by atoms with van der Waals surface area (Å²) in [4.78, 5) is 4.52. The van der Waals surface area contributed by atoms with Gasteiger partial charge in [0.25, 0.3) is 0 Å². The van der Waals surface area contributed by atoms with Gasteiger partial charge in [0.15, 0.2) is 5.69 Å². The Balaban J connectivity index is 2.94. The van der Waals surface area contributed by atoms with Crippen LogP contribution < -0.4 is 4.57 Å². The minimum atomic E-state index is 1.06. The third kappa shape index (κ3) is 1.18. The van der Waals surface area contributed by atoms with Gasteiger partial charge in [0, 0.05) is 13.0 Å². The molecule has 0 saturated carbocycles. The van der Waals surface area contributed by atoms with Crippen molar-refractivity contribution in [2.24, 2.45) is 7.05 Å². The highest BCUT2D eigenvalue weighted by atomic mass is 15.0. The van der Waals surface area contributed by atoms with Gasteiger partial charge in [0.2, 0.25) is 5.52 Å². The van der Waals surface area contributed by atoms with Crippen molar-refractivity contribution in [3.05, 3.63) is 35.7 Å². The molecule has 2 heteroatoms. The largest absolute Gasteiger partial charge is 0.240 e. The third-order valence-electron chi connectivity index (χ3n) is 2.56. The van der Waals surface area contributed by atoms with E-state index in [2.05, 4.69) is 29.6 Å². The molecule has 1 aromatic carbocycles. The summed E-state index contributed by atoms with van der Waals surface area (Å²) in [7, 11) is 2.08. The van der Waals surface area contributed by atoms with E-state index in [1.165, 1.54) is 11.2 Å².